The Bertz CT molecular complexity index is 1190. The van der Waals surface area contributed by atoms with Gasteiger partial charge in [0.2, 0.25) is 10.0 Å². The number of pyridine rings is 1. The molecule has 7 heteroatoms. The SMILES string of the molecule is CCN(Cc1ccncc1)S(=O)(=O)c1ccc2nc(-c3ccccc3)[nH]c2c1. The maximum atomic E-state index is 13.2. The number of hydrogen-bond acceptors (Lipinski definition) is 4. The second-order valence-electron chi connectivity index (χ2n) is 6.42. The molecule has 4 rings (SSSR count). The van der Waals surface area contributed by atoms with Crippen molar-refractivity contribution in [3.05, 3.63) is 78.6 Å². The quantitative estimate of drug-likeness (QED) is 0.541. The molecule has 0 aliphatic heterocycles. The van der Waals surface area contributed by atoms with Crippen LogP contribution in [0, 0.1) is 0 Å². The molecule has 1 N–H and O–H groups in total. The molecule has 28 heavy (non-hydrogen) atoms. The molecule has 0 unspecified atom stereocenters. The van der Waals surface area contributed by atoms with E-state index in [1.165, 1.54) is 4.31 Å². The first kappa shape index (κ1) is 18.3. The topological polar surface area (TPSA) is 79.0 Å². The van der Waals surface area contributed by atoms with Crippen LogP contribution in [0.25, 0.3) is 22.4 Å². The zero-order valence-corrected chi connectivity index (χ0v) is 16.2. The normalized spacial score (nSPS) is 11.9. The minimum Gasteiger partial charge on any atom is -0.338 e. The van der Waals surface area contributed by atoms with Crippen LogP contribution >= 0.6 is 0 Å². The molecule has 2 aromatic carbocycles. The lowest BCUT2D eigenvalue weighted by molar-refractivity contribution is 0.423. The molecule has 0 fully saturated rings. The summed E-state index contributed by atoms with van der Waals surface area (Å²) in [5.41, 5.74) is 3.28. The van der Waals surface area contributed by atoms with E-state index in [2.05, 4.69) is 15.0 Å². The van der Waals surface area contributed by atoms with Gasteiger partial charge in [-0.2, -0.15) is 4.31 Å². The molecule has 0 aliphatic carbocycles. The Hall–Kier alpha value is -3.03. The molecule has 4 aromatic rings. The Kier molecular flexibility index (Phi) is 4.93. The van der Waals surface area contributed by atoms with Crippen molar-refractivity contribution in [3.63, 3.8) is 0 Å². The average molecular weight is 392 g/mol. The number of fused-ring (bicyclic) bond motifs is 1. The molecular formula is C21H20N4O2S. The van der Waals surface area contributed by atoms with Crippen LogP contribution in [0.5, 0.6) is 0 Å². The molecule has 0 atom stereocenters. The molecule has 0 saturated carbocycles. The molecule has 6 nitrogen and oxygen atoms in total. The van der Waals surface area contributed by atoms with Crippen LogP contribution in [0.3, 0.4) is 0 Å². The number of nitrogens with one attached hydrogen (secondary N) is 1. The molecule has 0 aliphatic rings. The number of aromatic amines is 1. The van der Waals surface area contributed by atoms with Crippen molar-refractivity contribution in [3.8, 4) is 11.4 Å². The lowest BCUT2D eigenvalue weighted by Gasteiger charge is -2.20. The van der Waals surface area contributed by atoms with Gasteiger partial charge in [0, 0.05) is 31.0 Å². The number of benzene rings is 2. The van der Waals surface area contributed by atoms with Gasteiger partial charge in [0.25, 0.3) is 0 Å². The standard InChI is InChI=1S/C21H20N4O2S/c1-2-25(15-16-10-12-22-13-11-16)28(26,27)18-8-9-19-20(14-18)24-21(23-19)17-6-4-3-5-7-17/h3-14H,2,15H2,1H3,(H,23,24). The van der Waals surface area contributed by atoms with Crippen molar-refractivity contribution >= 4 is 21.1 Å². The van der Waals surface area contributed by atoms with E-state index in [0.29, 0.717) is 24.4 Å². The second kappa shape index (κ2) is 7.53. The average Bonchev–Trinajstić information content (AvgIpc) is 3.17. The summed E-state index contributed by atoms with van der Waals surface area (Å²) < 4.78 is 27.8. The summed E-state index contributed by atoms with van der Waals surface area (Å²) in [7, 11) is -3.63. The van der Waals surface area contributed by atoms with Gasteiger partial charge >= 0.3 is 0 Å². The van der Waals surface area contributed by atoms with Gasteiger partial charge < -0.3 is 4.98 Å². The number of sulfonamides is 1. The van der Waals surface area contributed by atoms with Crippen molar-refractivity contribution in [2.75, 3.05) is 6.54 Å². The number of rotatable bonds is 6. The van der Waals surface area contributed by atoms with Crippen LogP contribution in [0.15, 0.2) is 78.0 Å². The number of hydrogen-bond donors (Lipinski definition) is 1. The van der Waals surface area contributed by atoms with Gasteiger partial charge in [0.1, 0.15) is 5.82 Å². The summed E-state index contributed by atoms with van der Waals surface area (Å²) in [6, 6.07) is 18.4. The third kappa shape index (κ3) is 3.54. The Labute approximate surface area is 163 Å². The highest BCUT2D eigenvalue weighted by atomic mass is 32.2. The molecule has 2 aromatic heterocycles. The molecule has 0 bridgehead atoms. The van der Waals surface area contributed by atoms with Gasteiger partial charge in [-0.25, -0.2) is 13.4 Å². The first-order chi connectivity index (χ1) is 13.6. The minimum absolute atomic E-state index is 0.249. The van der Waals surface area contributed by atoms with E-state index in [4.69, 9.17) is 0 Å². The van der Waals surface area contributed by atoms with E-state index >= 15 is 0 Å². The van der Waals surface area contributed by atoms with Crippen molar-refractivity contribution < 1.29 is 8.42 Å². The van der Waals surface area contributed by atoms with Crippen molar-refractivity contribution in [1.29, 1.82) is 0 Å². The maximum Gasteiger partial charge on any atom is 0.243 e. The van der Waals surface area contributed by atoms with Crippen LogP contribution < -0.4 is 0 Å². The molecule has 0 spiro atoms. The zero-order chi connectivity index (χ0) is 19.6. The van der Waals surface area contributed by atoms with Gasteiger partial charge in [0.15, 0.2) is 0 Å². The highest BCUT2D eigenvalue weighted by Gasteiger charge is 2.24. The Balaban J connectivity index is 1.68. The van der Waals surface area contributed by atoms with E-state index in [1.807, 2.05) is 49.4 Å². The highest BCUT2D eigenvalue weighted by molar-refractivity contribution is 7.89. The van der Waals surface area contributed by atoms with Gasteiger partial charge in [-0.3, -0.25) is 4.98 Å². The molecule has 0 radical (unpaired) electrons. The van der Waals surface area contributed by atoms with Crippen LogP contribution in [0.1, 0.15) is 12.5 Å². The summed E-state index contributed by atoms with van der Waals surface area (Å²) in [6.45, 7) is 2.51. The lowest BCUT2D eigenvalue weighted by atomic mass is 10.2. The molecule has 2 heterocycles. The van der Waals surface area contributed by atoms with Crippen LogP contribution in [0.4, 0.5) is 0 Å². The smallest absolute Gasteiger partial charge is 0.243 e. The fraction of sp³-hybridized carbons (Fsp3) is 0.143. The summed E-state index contributed by atoms with van der Waals surface area (Å²) in [6.07, 6.45) is 3.33. The maximum absolute atomic E-state index is 13.2. The number of imidazole rings is 1. The Morgan fingerprint density at radius 1 is 1.00 bits per heavy atom. The predicted molar refractivity (Wildman–Crippen MR) is 109 cm³/mol. The van der Waals surface area contributed by atoms with E-state index < -0.39 is 10.0 Å². The largest absolute Gasteiger partial charge is 0.338 e. The Morgan fingerprint density at radius 3 is 2.46 bits per heavy atom. The zero-order valence-electron chi connectivity index (χ0n) is 15.4. The summed E-state index contributed by atoms with van der Waals surface area (Å²) >= 11 is 0. The first-order valence-corrected chi connectivity index (χ1v) is 10.5. The number of nitrogens with zero attached hydrogens (tertiary/aromatic N) is 3. The predicted octanol–water partition coefficient (Wildman–Crippen LogP) is 3.84. The fourth-order valence-corrected chi connectivity index (χ4v) is 4.55. The summed E-state index contributed by atoms with van der Waals surface area (Å²) in [5, 5.41) is 0. The van der Waals surface area contributed by atoms with Crippen molar-refractivity contribution in [1.82, 2.24) is 19.3 Å². The fourth-order valence-electron chi connectivity index (χ4n) is 3.09. The van der Waals surface area contributed by atoms with Crippen molar-refractivity contribution in [2.45, 2.75) is 18.4 Å². The number of aromatic nitrogens is 3. The van der Waals surface area contributed by atoms with E-state index in [1.54, 1.807) is 30.6 Å². The summed E-state index contributed by atoms with van der Waals surface area (Å²) in [5.74, 6) is 0.717. The van der Waals surface area contributed by atoms with Gasteiger partial charge in [-0.05, 0) is 35.9 Å². The highest BCUT2D eigenvalue weighted by Crippen LogP contribution is 2.25. The number of H-pyrrole nitrogens is 1. The monoisotopic (exact) mass is 392 g/mol. The van der Waals surface area contributed by atoms with E-state index in [9.17, 15) is 8.42 Å². The third-order valence-corrected chi connectivity index (χ3v) is 6.52. The van der Waals surface area contributed by atoms with E-state index in [0.717, 1.165) is 16.6 Å². The Morgan fingerprint density at radius 2 is 1.75 bits per heavy atom. The molecular weight excluding hydrogens is 372 g/mol. The van der Waals surface area contributed by atoms with Crippen LogP contribution in [0.2, 0.25) is 0 Å². The van der Waals surface area contributed by atoms with Gasteiger partial charge in [0.05, 0.1) is 15.9 Å². The first-order valence-electron chi connectivity index (χ1n) is 9.02. The minimum atomic E-state index is -3.63. The van der Waals surface area contributed by atoms with Crippen molar-refractivity contribution in [2.24, 2.45) is 0 Å². The summed E-state index contributed by atoms with van der Waals surface area (Å²) in [4.78, 5) is 12.0. The van der Waals surface area contributed by atoms with Crippen LogP contribution in [-0.4, -0.2) is 34.2 Å². The second-order valence-corrected chi connectivity index (χ2v) is 8.36. The lowest BCUT2D eigenvalue weighted by Crippen LogP contribution is -2.30. The van der Waals surface area contributed by atoms with Gasteiger partial charge in [-0.1, -0.05) is 37.3 Å². The van der Waals surface area contributed by atoms with Gasteiger partial charge in [-0.15, -0.1) is 0 Å². The molecule has 0 saturated heterocycles. The van der Waals surface area contributed by atoms with E-state index in [-0.39, 0.29) is 4.90 Å². The van der Waals surface area contributed by atoms with Crippen LogP contribution in [-0.2, 0) is 16.6 Å². The third-order valence-electron chi connectivity index (χ3n) is 4.60. The molecule has 142 valence electrons. The molecule has 0 amide bonds.